The first-order valence-corrected chi connectivity index (χ1v) is 15.1. The Kier molecular flexibility index (Phi) is 8.91. The molecule has 0 saturated heterocycles. The summed E-state index contributed by atoms with van der Waals surface area (Å²) in [5.74, 6) is -0.568. The van der Waals surface area contributed by atoms with Crippen molar-refractivity contribution in [1.29, 1.82) is 0 Å². The predicted octanol–water partition coefficient (Wildman–Crippen LogP) is 6.20. The van der Waals surface area contributed by atoms with Gasteiger partial charge in [-0.2, -0.15) is 18.2 Å². The quantitative estimate of drug-likeness (QED) is 0.328. The maximum Gasteiger partial charge on any atom is 0.421 e. The summed E-state index contributed by atoms with van der Waals surface area (Å²) in [4.78, 5) is 34.7. The molecule has 246 valence electrons. The fraction of sp³-hybridized carbons (Fsp3) is 0.455. The fourth-order valence-corrected chi connectivity index (χ4v) is 5.74. The summed E-state index contributed by atoms with van der Waals surface area (Å²) < 4.78 is 53.1. The second kappa shape index (κ2) is 12.4. The van der Waals surface area contributed by atoms with Crippen molar-refractivity contribution < 1.29 is 32.2 Å². The molecule has 1 aromatic heterocycles. The third-order valence-electron chi connectivity index (χ3n) is 8.11. The Balaban J connectivity index is 1.30. The molecule has 1 aromatic carbocycles. The Labute approximate surface area is 266 Å². The van der Waals surface area contributed by atoms with Crippen LogP contribution in [0.15, 0.2) is 59.8 Å². The second-order valence-corrected chi connectivity index (χ2v) is 13.0. The van der Waals surface area contributed by atoms with E-state index in [1.165, 1.54) is 0 Å². The minimum absolute atomic E-state index is 0.00982. The molecule has 10 nitrogen and oxygen atoms in total. The van der Waals surface area contributed by atoms with Crippen molar-refractivity contribution in [2.24, 2.45) is 0 Å². The number of hydrogen-bond donors (Lipinski definition) is 3. The van der Waals surface area contributed by atoms with E-state index in [0.29, 0.717) is 30.8 Å². The lowest BCUT2D eigenvalue weighted by Crippen LogP contribution is -2.39. The van der Waals surface area contributed by atoms with E-state index in [0.717, 1.165) is 22.9 Å². The summed E-state index contributed by atoms with van der Waals surface area (Å²) in [6.07, 6.45) is 3.56. The van der Waals surface area contributed by atoms with Gasteiger partial charge < -0.3 is 30.3 Å². The summed E-state index contributed by atoms with van der Waals surface area (Å²) in [6, 6.07) is 4.83. The molecule has 1 aliphatic carbocycles. The van der Waals surface area contributed by atoms with Crippen LogP contribution in [-0.2, 0) is 32.4 Å². The summed E-state index contributed by atoms with van der Waals surface area (Å²) in [5.41, 5.74) is 1.64. The van der Waals surface area contributed by atoms with Gasteiger partial charge in [0.2, 0.25) is 11.9 Å². The van der Waals surface area contributed by atoms with Crippen molar-refractivity contribution in [2.45, 2.75) is 76.9 Å². The van der Waals surface area contributed by atoms with Gasteiger partial charge in [0.15, 0.2) is 0 Å². The van der Waals surface area contributed by atoms with Gasteiger partial charge in [-0.15, -0.1) is 0 Å². The fourth-order valence-electron chi connectivity index (χ4n) is 5.74. The Morgan fingerprint density at radius 2 is 1.98 bits per heavy atom. The standard InChI is InChI=1S/C33H39F3N6O4/c1-31(2,3)46-30(44)42-14-12-19(13-15-42)20-10-11-23(25(16-20)45-6)40-29-38-18-22(33(34,35)36)27(41-29)37-17-21-8-7-9-24-26(21)32(4,5)28(43)39-24/h7-12,16,18,23,25H,13-15,17H2,1-6H3,(H,39,43)(H2,37,38,40,41). The van der Waals surface area contributed by atoms with E-state index >= 15 is 0 Å². The monoisotopic (exact) mass is 640 g/mol. The van der Waals surface area contributed by atoms with Crippen molar-refractivity contribution in [3.8, 4) is 0 Å². The first-order valence-electron chi connectivity index (χ1n) is 15.1. The normalized spacial score (nSPS) is 20.8. The lowest BCUT2D eigenvalue weighted by Gasteiger charge is -2.31. The van der Waals surface area contributed by atoms with E-state index < -0.39 is 34.9 Å². The van der Waals surface area contributed by atoms with Crippen molar-refractivity contribution >= 4 is 29.5 Å². The second-order valence-electron chi connectivity index (χ2n) is 13.0. The number of anilines is 3. The Morgan fingerprint density at radius 1 is 1.22 bits per heavy atom. The molecule has 2 amide bonds. The number of alkyl halides is 3. The van der Waals surface area contributed by atoms with Gasteiger partial charge in [-0.1, -0.05) is 30.4 Å². The number of fused-ring (bicyclic) bond motifs is 1. The molecule has 46 heavy (non-hydrogen) atoms. The van der Waals surface area contributed by atoms with Crippen LogP contribution in [0.5, 0.6) is 0 Å². The highest BCUT2D eigenvalue weighted by molar-refractivity contribution is 6.06. The number of allylic oxidation sites excluding steroid dienone is 2. The van der Waals surface area contributed by atoms with Crippen LogP contribution in [0.1, 0.15) is 57.7 Å². The number of halogens is 3. The van der Waals surface area contributed by atoms with Crippen molar-refractivity contribution in [3.63, 3.8) is 0 Å². The van der Waals surface area contributed by atoms with Crippen LogP contribution in [0, 0.1) is 0 Å². The zero-order valence-corrected chi connectivity index (χ0v) is 26.7. The molecule has 0 fully saturated rings. The van der Waals surface area contributed by atoms with Crippen LogP contribution < -0.4 is 16.0 Å². The average molecular weight is 641 g/mol. The van der Waals surface area contributed by atoms with Crippen LogP contribution in [0.2, 0.25) is 0 Å². The van der Waals surface area contributed by atoms with Gasteiger partial charge in [-0.3, -0.25) is 4.79 Å². The van der Waals surface area contributed by atoms with Gasteiger partial charge in [-0.25, -0.2) is 9.78 Å². The molecular weight excluding hydrogens is 601 g/mol. The molecule has 2 unspecified atom stereocenters. The molecule has 2 aromatic rings. The van der Waals surface area contributed by atoms with Gasteiger partial charge in [0.05, 0.1) is 17.6 Å². The number of nitrogens with one attached hydrogen (secondary N) is 3. The molecule has 0 saturated carbocycles. The van der Waals surface area contributed by atoms with Crippen molar-refractivity contribution in [1.82, 2.24) is 14.9 Å². The number of rotatable bonds is 7. The smallest absolute Gasteiger partial charge is 0.421 e. The van der Waals surface area contributed by atoms with Gasteiger partial charge in [0.1, 0.15) is 17.0 Å². The number of amides is 2. The number of aromatic nitrogens is 2. The maximum absolute atomic E-state index is 14.0. The van der Waals surface area contributed by atoms with Crippen LogP contribution in [0.25, 0.3) is 0 Å². The molecule has 2 aliphatic heterocycles. The molecule has 3 N–H and O–H groups in total. The predicted molar refractivity (Wildman–Crippen MR) is 168 cm³/mol. The molecule has 2 atom stereocenters. The van der Waals surface area contributed by atoms with E-state index in [9.17, 15) is 22.8 Å². The van der Waals surface area contributed by atoms with Gasteiger partial charge in [0, 0.05) is 38.6 Å². The minimum atomic E-state index is -4.69. The maximum atomic E-state index is 14.0. The third-order valence-corrected chi connectivity index (χ3v) is 8.11. The zero-order chi connectivity index (χ0) is 33.4. The molecule has 0 radical (unpaired) electrons. The minimum Gasteiger partial charge on any atom is -0.444 e. The first-order chi connectivity index (χ1) is 21.6. The van der Waals surface area contributed by atoms with Gasteiger partial charge in [0.25, 0.3) is 0 Å². The molecule has 3 aliphatic rings. The summed E-state index contributed by atoms with van der Waals surface area (Å²) in [5, 5.41) is 8.77. The van der Waals surface area contributed by atoms with Crippen LogP contribution >= 0.6 is 0 Å². The Bertz CT molecular complexity index is 1610. The number of nitrogens with zero attached hydrogens (tertiary/aromatic N) is 3. The van der Waals surface area contributed by atoms with Gasteiger partial charge >= 0.3 is 12.3 Å². The van der Waals surface area contributed by atoms with Crippen molar-refractivity contribution in [2.75, 3.05) is 36.1 Å². The van der Waals surface area contributed by atoms with Gasteiger partial charge in [-0.05, 0) is 75.5 Å². The summed E-state index contributed by atoms with van der Waals surface area (Å²) >= 11 is 0. The van der Waals surface area contributed by atoms with Crippen LogP contribution in [0.3, 0.4) is 0 Å². The van der Waals surface area contributed by atoms with Crippen LogP contribution in [-0.4, -0.2) is 64.8 Å². The first kappa shape index (κ1) is 33.0. The number of hydrogen-bond acceptors (Lipinski definition) is 8. The molecule has 0 spiro atoms. The molecule has 5 rings (SSSR count). The highest BCUT2D eigenvalue weighted by Gasteiger charge is 2.40. The van der Waals surface area contributed by atoms with Crippen molar-refractivity contribution in [3.05, 3.63) is 76.5 Å². The largest absolute Gasteiger partial charge is 0.444 e. The van der Waals surface area contributed by atoms with E-state index in [4.69, 9.17) is 9.47 Å². The average Bonchev–Trinajstić information content (AvgIpc) is 3.22. The lowest BCUT2D eigenvalue weighted by molar-refractivity contribution is -0.137. The van der Waals surface area contributed by atoms with E-state index in [2.05, 4.69) is 25.9 Å². The highest BCUT2D eigenvalue weighted by Crippen LogP contribution is 2.40. The topological polar surface area (TPSA) is 118 Å². The number of ether oxygens (including phenoxy) is 2. The summed E-state index contributed by atoms with van der Waals surface area (Å²) in [7, 11) is 1.55. The van der Waals surface area contributed by atoms with Crippen LogP contribution in [0.4, 0.5) is 35.4 Å². The third kappa shape index (κ3) is 7.04. The molecule has 0 bridgehead atoms. The summed E-state index contributed by atoms with van der Waals surface area (Å²) in [6.45, 7) is 9.97. The molecule has 3 heterocycles. The Morgan fingerprint density at radius 3 is 2.63 bits per heavy atom. The molecule has 13 heteroatoms. The highest BCUT2D eigenvalue weighted by atomic mass is 19.4. The van der Waals surface area contributed by atoms with E-state index in [1.807, 2.05) is 45.1 Å². The number of methoxy groups -OCH3 is 1. The number of benzene rings is 1. The number of carbonyl (C=O) groups is 2. The number of carbonyl (C=O) groups excluding carboxylic acids is 2. The lowest BCUT2D eigenvalue weighted by atomic mass is 9.83. The molecular formula is C33H39F3N6O4. The van der Waals surface area contributed by atoms with E-state index in [-0.39, 0.29) is 30.3 Å². The zero-order valence-electron chi connectivity index (χ0n) is 26.7. The SMILES string of the molecule is COC1C=C(C2=CCN(C(=O)OC(C)(C)C)CC2)C=CC1Nc1ncc(C(F)(F)F)c(NCc2cccc3c2C(C)(C)C(=O)N3)n1. The Hall–Kier alpha value is -4.39. The van der Waals surface area contributed by atoms with E-state index in [1.54, 1.807) is 44.1 Å².